The number of allylic oxidation sites excluding steroid dienone is 1. The molecule has 0 aromatic heterocycles. The van der Waals surface area contributed by atoms with E-state index in [1.165, 1.54) is 0 Å². The van der Waals surface area contributed by atoms with Gasteiger partial charge in [-0.15, -0.1) is 0 Å². The predicted octanol–water partition coefficient (Wildman–Crippen LogP) is 2.73. The molecule has 1 N–H and O–H groups in total. The Hall–Kier alpha value is -1.32. The van der Waals surface area contributed by atoms with Crippen LogP contribution in [0.1, 0.15) is 25.3 Å². The first kappa shape index (κ1) is 14.1. The highest BCUT2D eigenvalue weighted by Gasteiger charge is 2.19. The molecule has 1 aliphatic rings. The number of hydrogen-bond acceptors (Lipinski definition) is 2. The summed E-state index contributed by atoms with van der Waals surface area (Å²) in [5, 5.41) is 10.1. The summed E-state index contributed by atoms with van der Waals surface area (Å²) in [6.07, 6.45) is 2.71. The third-order valence-corrected chi connectivity index (χ3v) is 3.63. The summed E-state index contributed by atoms with van der Waals surface area (Å²) in [5.41, 5.74) is 1.86. The van der Waals surface area contributed by atoms with Gasteiger partial charge in [0, 0.05) is 24.2 Å². The fourth-order valence-electron chi connectivity index (χ4n) is 2.18. The number of hydrogen-bond donors (Lipinski definition) is 1. The van der Waals surface area contributed by atoms with Crippen molar-refractivity contribution in [3.05, 3.63) is 40.9 Å². The van der Waals surface area contributed by atoms with Gasteiger partial charge in [0.15, 0.2) is 0 Å². The molecule has 0 spiro atoms. The van der Waals surface area contributed by atoms with Gasteiger partial charge in [-0.2, -0.15) is 0 Å². The molecule has 0 saturated carbocycles. The highest BCUT2D eigenvalue weighted by molar-refractivity contribution is 6.30. The van der Waals surface area contributed by atoms with Crippen molar-refractivity contribution in [1.82, 2.24) is 4.90 Å². The van der Waals surface area contributed by atoms with Crippen molar-refractivity contribution in [2.45, 2.75) is 25.9 Å². The van der Waals surface area contributed by atoms with Crippen LogP contribution in [0, 0.1) is 0 Å². The zero-order chi connectivity index (χ0) is 13.8. The summed E-state index contributed by atoms with van der Waals surface area (Å²) in [6, 6.07) is 7.47. The largest absolute Gasteiger partial charge is 0.393 e. The predicted molar refractivity (Wildman–Crippen MR) is 76.9 cm³/mol. The molecular formula is C15H18ClNO2. The van der Waals surface area contributed by atoms with Crippen LogP contribution in [0.25, 0.3) is 5.57 Å². The van der Waals surface area contributed by atoms with Gasteiger partial charge in [-0.25, -0.2) is 0 Å². The SMILES string of the molecule is CC(=CC(=O)N1CCC(O)CC1)c1cccc(Cl)c1. The molecule has 1 aliphatic heterocycles. The van der Waals surface area contributed by atoms with Gasteiger partial charge < -0.3 is 10.0 Å². The number of amides is 1. The van der Waals surface area contributed by atoms with Gasteiger partial charge in [-0.05, 0) is 43.0 Å². The maximum absolute atomic E-state index is 12.1. The number of piperidine rings is 1. The van der Waals surface area contributed by atoms with Crippen molar-refractivity contribution < 1.29 is 9.90 Å². The van der Waals surface area contributed by atoms with Gasteiger partial charge in [0.05, 0.1) is 6.10 Å². The summed E-state index contributed by atoms with van der Waals surface area (Å²) in [4.78, 5) is 13.9. The van der Waals surface area contributed by atoms with Gasteiger partial charge in [0.1, 0.15) is 0 Å². The number of halogens is 1. The van der Waals surface area contributed by atoms with Crippen molar-refractivity contribution in [2.75, 3.05) is 13.1 Å². The standard InChI is InChI=1S/C15H18ClNO2/c1-11(12-3-2-4-13(16)10-12)9-15(19)17-7-5-14(18)6-8-17/h2-4,9-10,14,18H,5-8H2,1H3. The van der Waals surface area contributed by atoms with E-state index in [4.69, 9.17) is 11.6 Å². The maximum Gasteiger partial charge on any atom is 0.246 e. The van der Waals surface area contributed by atoms with Crippen LogP contribution < -0.4 is 0 Å². The quantitative estimate of drug-likeness (QED) is 0.846. The molecule has 0 bridgehead atoms. The molecule has 3 nitrogen and oxygen atoms in total. The Bertz CT molecular complexity index is 491. The van der Waals surface area contributed by atoms with Crippen LogP contribution in [0.2, 0.25) is 5.02 Å². The first-order valence-corrected chi connectivity index (χ1v) is 6.85. The van der Waals surface area contributed by atoms with Crippen LogP contribution >= 0.6 is 11.6 Å². The van der Waals surface area contributed by atoms with Crippen LogP contribution in [-0.2, 0) is 4.79 Å². The molecule has 1 fully saturated rings. The van der Waals surface area contributed by atoms with E-state index in [1.807, 2.05) is 31.2 Å². The molecule has 4 heteroatoms. The summed E-state index contributed by atoms with van der Waals surface area (Å²) in [5.74, 6) is 0.00405. The minimum absolute atomic E-state index is 0.00405. The van der Waals surface area contributed by atoms with Crippen molar-refractivity contribution in [3.63, 3.8) is 0 Å². The van der Waals surface area contributed by atoms with Crippen LogP contribution in [0.5, 0.6) is 0 Å². The Morgan fingerprint density at radius 2 is 2.11 bits per heavy atom. The van der Waals surface area contributed by atoms with Crippen LogP contribution in [0.4, 0.5) is 0 Å². The Kier molecular flexibility index (Phi) is 4.61. The molecule has 1 aromatic rings. The zero-order valence-electron chi connectivity index (χ0n) is 11.0. The van der Waals surface area contributed by atoms with Gasteiger partial charge in [0.25, 0.3) is 0 Å². The minimum Gasteiger partial charge on any atom is -0.393 e. The zero-order valence-corrected chi connectivity index (χ0v) is 11.7. The number of carbonyl (C=O) groups excluding carboxylic acids is 1. The van der Waals surface area contributed by atoms with Gasteiger partial charge in [0.2, 0.25) is 5.91 Å². The summed E-state index contributed by atoms with van der Waals surface area (Å²) >= 11 is 5.94. The lowest BCUT2D eigenvalue weighted by Gasteiger charge is -2.28. The van der Waals surface area contributed by atoms with Crippen molar-refractivity contribution in [1.29, 1.82) is 0 Å². The second-order valence-corrected chi connectivity index (χ2v) is 5.33. The lowest BCUT2D eigenvalue weighted by atomic mass is 10.1. The molecule has 0 aliphatic carbocycles. The van der Waals surface area contributed by atoms with E-state index in [-0.39, 0.29) is 12.0 Å². The molecule has 0 unspecified atom stereocenters. The van der Waals surface area contributed by atoms with E-state index in [2.05, 4.69) is 0 Å². The van der Waals surface area contributed by atoms with E-state index in [0.717, 1.165) is 11.1 Å². The number of aliphatic hydroxyl groups excluding tert-OH is 1. The van der Waals surface area contributed by atoms with Gasteiger partial charge in [-0.3, -0.25) is 4.79 Å². The van der Waals surface area contributed by atoms with E-state index >= 15 is 0 Å². The number of nitrogens with zero attached hydrogens (tertiary/aromatic N) is 1. The molecule has 0 atom stereocenters. The Balaban J connectivity index is 2.06. The highest BCUT2D eigenvalue weighted by atomic mass is 35.5. The van der Waals surface area contributed by atoms with Gasteiger partial charge in [-0.1, -0.05) is 23.7 Å². The molecular weight excluding hydrogens is 262 g/mol. The van der Waals surface area contributed by atoms with Crippen LogP contribution in [0.3, 0.4) is 0 Å². The molecule has 19 heavy (non-hydrogen) atoms. The molecule has 1 heterocycles. The van der Waals surface area contributed by atoms with E-state index in [0.29, 0.717) is 31.0 Å². The molecule has 102 valence electrons. The number of carbonyl (C=O) groups is 1. The van der Waals surface area contributed by atoms with Crippen molar-refractivity contribution in [2.24, 2.45) is 0 Å². The van der Waals surface area contributed by atoms with Crippen LogP contribution in [-0.4, -0.2) is 35.1 Å². The Morgan fingerprint density at radius 3 is 2.74 bits per heavy atom. The smallest absolute Gasteiger partial charge is 0.246 e. The van der Waals surface area contributed by atoms with E-state index in [9.17, 15) is 9.90 Å². The number of rotatable bonds is 2. The summed E-state index contributed by atoms with van der Waals surface area (Å²) in [7, 11) is 0. The normalized spacial score (nSPS) is 17.6. The minimum atomic E-state index is -0.262. The second kappa shape index (κ2) is 6.22. The molecule has 1 saturated heterocycles. The first-order valence-electron chi connectivity index (χ1n) is 6.47. The number of benzene rings is 1. The average Bonchev–Trinajstić information content (AvgIpc) is 2.39. The number of likely N-dealkylation sites (tertiary alicyclic amines) is 1. The maximum atomic E-state index is 12.1. The van der Waals surface area contributed by atoms with E-state index < -0.39 is 0 Å². The topological polar surface area (TPSA) is 40.5 Å². The molecule has 1 aromatic carbocycles. The number of aliphatic hydroxyl groups is 1. The fraction of sp³-hybridized carbons (Fsp3) is 0.400. The lowest BCUT2D eigenvalue weighted by molar-refractivity contribution is -0.127. The molecule has 1 amide bonds. The highest BCUT2D eigenvalue weighted by Crippen LogP contribution is 2.19. The van der Waals surface area contributed by atoms with Crippen molar-refractivity contribution >= 4 is 23.1 Å². The molecule has 0 radical (unpaired) electrons. The average molecular weight is 280 g/mol. The Labute approximate surface area is 118 Å². The Morgan fingerprint density at radius 1 is 1.42 bits per heavy atom. The lowest BCUT2D eigenvalue weighted by Crippen LogP contribution is -2.39. The van der Waals surface area contributed by atoms with Crippen LogP contribution in [0.15, 0.2) is 30.3 Å². The summed E-state index contributed by atoms with van der Waals surface area (Å²) in [6.45, 7) is 3.15. The molecule has 2 rings (SSSR count). The van der Waals surface area contributed by atoms with Crippen molar-refractivity contribution in [3.8, 4) is 0 Å². The third kappa shape index (κ3) is 3.82. The first-order chi connectivity index (χ1) is 9.06. The van der Waals surface area contributed by atoms with Gasteiger partial charge >= 0.3 is 0 Å². The third-order valence-electron chi connectivity index (χ3n) is 3.40. The fourth-order valence-corrected chi connectivity index (χ4v) is 2.37. The monoisotopic (exact) mass is 279 g/mol. The second-order valence-electron chi connectivity index (χ2n) is 4.89. The van der Waals surface area contributed by atoms with E-state index in [1.54, 1.807) is 11.0 Å². The summed E-state index contributed by atoms with van der Waals surface area (Å²) < 4.78 is 0.